The number of alkyl halides is 2. The van der Waals surface area contributed by atoms with Crippen LogP contribution in [0.2, 0.25) is 5.02 Å². The average molecular weight is 530 g/mol. The minimum Gasteiger partial charge on any atom is -0.383 e. The number of fused-ring (bicyclic) bond motifs is 1. The molecule has 0 fully saturated rings. The highest BCUT2D eigenvalue weighted by molar-refractivity contribution is 9.10. The molecule has 0 saturated heterocycles. The number of aromatic nitrogens is 2. The largest absolute Gasteiger partial charge is 0.383 e. The monoisotopic (exact) mass is 528 g/mol. The van der Waals surface area contributed by atoms with Crippen LogP contribution in [0.25, 0.3) is 11.0 Å². The molecule has 0 saturated carbocycles. The number of ether oxygens (including phenoxy) is 1. The molecule has 2 aromatic carbocycles. The van der Waals surface area contributed by atoms with Crippen LogP contribution in [0.3, 0.4) is 0 Å². The lowest BCUT2D eigenvalue weighted by Crippen LogP contribution is -2.27. The van der Waals surface area contributed by atoms with Crippen LogP contribution in [0.1, 0.15) is 21.5 Å². The number of methoxy groups -OCH3 is 1. The van der Waals surface area contributed by atoms with E-state index in [9.17, 15) is 23.2 Å². The molecule has 0 unspecified atom stereocenters. The number of nitriles is 1. The third-order valence-corrected chi connectivity index (χ3v) is 5.74. The number of carbonyl (C=O) groups excluding carboxylic acids is 1. The molecule has 0 atom stereocenters. The van der Waals surface area contributed by atoms with Gasteiger partial charge in [-0.2, -0.15) is 5.26 Å². The normalized spacial score (nSPS) is 12.0. The van der Waals surface area contributed by atoms with E-state index in [4.69, 9.17) is 16.3 Å². The zero-order valence-corrected chi connectivity index (χ0v) is 19.3. The van der Waals surface area contributed by atoms with E-state index in [0.717, 1.165) is 12.1 Å². The number of halogens is 5. The molecule has 0 N–H and O–H groups in total. The fraction of sp³-hybridized carbons (Fsp3) is 0.286. The molecule has 11 heteroatoms. The van der Waals surface area contributed by atoms with E-state index in [0.29, 0.717) is 0 Å². The maximum Gasteiger partial charge on any atom is 0.256 e. The van der Waals surface area contributed by atoms with Gasteiger partial charge < -0.3 is 13.9 Å². The van der Waals surface area contributed by atoms with Crippen molar-refractivity contribution >= 4 is 44.3 Å². The molecule has 0 aliphatic carbocycles. The number of benzene rings is 2. The van der Waals surface area contributed by atoms with Gasteiger partial charge in [-0.1, -0.05) is 11.6 Å². The summed E-state index contributed by atoms with van der Waals surface area (Å²) in [6.07, 6.45) is -2.68. The van der Waals surface area contributed by atoms with Gasteiger partial charge in [0.2, 0.25) is 5.62 Å². The smallest absolute Gasteiger partial charge is 0.256 e. The fourth-order valence-electron chi connectivity index (χ4n) is 3.44. The van der Waals surface area contributed by atoms with E-state index >= 15 is 0 Å². The van der Waals surface area contributed by atoms with Gasteiger partial charge in [0.05, 0.1) is 46.9 Å². The summed E-state index contributed by atoms with van der Waals surface area (Å²) in [5, 5.41) is 9.95. The second-order valence-corrected chi connectivity index (χ2v) is 8.04. The van der Waals surface area contributed by atoms with Crippen LogP contribution in [0.5, 0.6) is 0 Å². The zero-order chi connectivity index (χ0) is 23.6. The molecule has 32 heavy (non-hydrogen) atoms. The number of carbonyl (C=O) groups is 1. The Balaban J connectivity index is 2.37. The summed E-state index contributed by atoms with van der Waals surface area (Å²) in [5.41, 5.74) is 0.467. The van der Waals surface area contributed by atoms with Crippen molar-refractivity contribution in [1.29, 1.82) is 5.26 Å². The van der Waals surface area contributed by atoms with Crippen molar-refractivity contribution in [2.75, 3.05) is 20.3 Å². The van der Waals surface area contributed by atoms with E-state index in [2.05, 4.69) is 20.9 Å². The number of imidazole rings is 1. The lowest BCUT2D eigenvalue weighted by Gasteiger charge is -2.11. The minimum absolute atomic E-state index is 0.0159. The molecule has 0 aliphatic heterocycles. The topological polar surface area (TPSA) is 72.3 Å². The Morgan fingerprint density at radius 3 is 2.72 bits per heavy atom. The number of aryl methyl sites for hydroxylation is 1. The van der Waals surface area contributed by atoms with Gasteiger partial charge in [-0.05, 0) is 40.2 Å². The summed E-state index contributed by atoms with van der Waals surface area (Å²) in [5.74, 6) is -1.35. The van der Waals surface area contributed by atoms with E-state index in [1.807, 2.05) is 6.07 Å². The number of rotatable bonds is 7. The first-order valence-corrected chi connectivity index (χ1v) is 10.5. The Labute approximate surface area is 194 Å². The van der Waals surface area contributed by atoms with Crippen LogP contribution < -0.4 is 5.62 Å². The Hall–Kier alpha value is -2.61. The highest BCUT2D eigenvalue weighted by Crippen LogP contribution is 2.32. The second-order valence-electron chi connectivity index (χ2n) is 6.78. The number of nitrogens with zero attached hydrogens (tertiary/aromatic N) is 4. The first-order valence-electron chi connectivity index (χ1n) is 9.30. The minimum atomic E-state index is -2.68. The summed E-state index contributed by atoms with van der Waals surface area (Å²) < 4.78 is 48.4. The third-order valence-electron chi connectivity index (χ3n) is 4.78. The van der Waals surface area contributed by atoms with Crippen molar-refractivity contribution in [2.24, 2.45) is 12.0 Å². The summed E-state index contributed by atoms with van der Waals surface area (Å²) in [7, 11) is 3.05. The van der Waals surface area contributed by atoms with E-state index in [1.54, 1.807) is 7.05 Å². The van der Waals surface area contributed by atoms with Gasteiger partial charge in [-0.25, -0.2) is 18.2 Å². The zero-order valence-electron chi connectivity index (χ0n) is 17.0. The molecule has 1 heterocycles. The molecule has 3 aromatic rings. The van der Waals surface area contributed by atoms with Crippen molar-refractivity contribution in [3.05, 3.63) is 61.9 Å². The number of hydrogen-bond donors (Lipinski definition) is 0. The van der Waals surface area contributed by atoms with Crippen LogP contribution in [-0.4, -0.2) is 41.6 Å². The summed E-state index contributed by atoms with van der Waals surface area (Å²) in [6.45, 7) is -0.187. The Morgan fingerprint density at radius 2 is 2.09 bits per heavy atom. The summed E-state index contributed by atoms with van der Waals surface area (Å²) in [4.78, 5) is 17.6. The molecule has 6 nitrogen and oxygen atoms in total. The second kappa shape index (κ2) is 9.90. The molecular formula is C21H17BrClF3N4O2. The van der Waals surface area contributed by atoms with Crippen molar-refractivity contribution in [3.63, 3.8) is 0 Å². The van der Waals surface area contributed by atoms with Crippen LogP contribution >= 0.6 is 27.5 Å². The van der Waals surface area contributed by atoms with Crippen molar-refractivity contribution in [1.82, 2.24) is 9.13 Å². The van der Waals surface area contributed by atoms with Crippen LogP contribution in [-0.2, 0) is 18.3 Å². The quantitative estimate of drug-likeness (QED) is 0.335. The van der Waals surface area contributed by atoms with Crippen LogP contribution in [0.15, 0.2) is 33.7 Å². The van der Waals surface area contributed by atoms with Gasteiger partial charge in [0, 0.05) is 24.2 Å². The van der Waals surface area contributed by atoms with E-state index < -0.39 is 24.6 Å². The van der Waals surface area contributed by atoms with Gasteiger partial charge in [0.1, 0.15) is 11.9 Å². The lowest BCUT2D eigenvalue weighted by molar-refractivity contribution is 0.103. The molecule has 1 aromatic heterocycles. The number of ketones is 1. The van der Waals surface area contributed by atoms with Gasteiger partial charge in [0.25, 0.3) is 6.43 Å². The molecule has 3 rings (SSSR count). The van der Waals surface area contributed by atoms with Crippen LogP contribution in [0, 0.1) is 17.1 Å². The summed E-state index contributed by atoms with van der Waals surface area (Å²) in [6, 6.07) is 6.80. The Bertz CT molecular complexity index is 1310. The Kier molecular flexibility index (Phi) is 7.44. The molecule has 0 aliphatic rings. The van der Waals surface area contributed by atoms with Gasteiger partial charge >= 0.3 is 0 Å². The number of hydrogen-bond acceptors (Lipinski definition) is 4. The molecular weight excluding hydrogens is 513 g/mol. The Morgan fingerprint density at radius 1 is 1.38 bits per heavy atom. The SMILES string of the molecule is COCCN=c1n(C)c2c(C#N)c(C(=O)c3cc(F)ccc3Cl)c(Br)cc2n1CC(F)F. The fourth-order valence-corrected chi connectivity index (χ4v) is 4.24. The molecule has 0 spiro atoms. The maximum absolute atomic E-state index is 13.8. The van der Waals surface area contributed by atoms with E-state index in [1.165, 1.54) is 28.4 Å². The van der Waals surface area contributed by atoms with Gasteiger partial charge in [-0.3, -0.25) is 4.79 Å². The molecule has 0 radical (unpaired) electrons. The predicted molar refractivity (Wildman–Crippen MR) is 116 cm³/mol. The summed E-state index contributed by atoms with van der Waals surface area (Å²) >= 11 is 9.37. The highest BCUT2D eigenvalue weighted by atomic mass is 79.9. The predicted octanol–water partition coefficient (Wildman–Crippen LogP) is 4.45. The molecule has 0 bridgehead atoms. The maximum atomic E-state index is 13.8. The van der Waals surface area contributed by atoms with Crippen molar-refractivity contribution in [2.45, 2.75) is 13.0 Å². The van der Waals surface area contributed by atoms with Crippen LogP contribution in [0.4, 0.5) is 13.2 Å². The first kappa shape index (κ1) is 24.0. The van der Waals surface area contributed by atoms with Gasteiger partial charge in [0.15, 0.2) is 5.78 Å². The molecule has 0 amide bonds. The first-order chi connectivity index (χ1) is 15.2. The average Bonchev–Trinajstić information content (AvgIpc) is 2.99. The van der Waals surface area contributed by atoms with E-state index in [-0.39, 0.29) is 56.0 Å². The molecule has 168 valence electrons. The highest BCUT2D eigenvalue weighted by Gasteiger charge is 2.26. The van der Waals surface area contributed by atoms with Crippen molar-refractivity contribution < 1.29 is 22.7 Å². The standard InChI is InChI=1S/C21H17BrClF3N4O2/c1-29-19-13(9-27)18(20(31)12-7-11(24)3-4-15(12)23)14(22)8-16(19)30(10-17(25)26)21(29)28-5-6-32-2/h3-4,7-8,17H,5-6,10H2,1-2H3. The van der Waals surface area contributed by atoms with Crippen molar-refractivity contribution in [3.8, 4) is 6.07 Å². The lowest BCUT2D eigenvalue weighted by atomic mass is 9.97. The van der Waals surface area contributed by atoms with Gasteiger partial charge in [-0.15, -0.1) is 0 Å². The third kappa shape index (κ3) is 4.46.